The molecule has 19 nitrogen and oxygen atoms in total. The summed E-state index contributed by atoms with van der Waals surface area (Å²) in [4.78, 5) is 99.7. The Hall–Kier alpha value is -3.40. The first kappa shape index (κ1) is 106. The minimum absolute atomic E-state index is 0.0176. The van der Waals surface area contributed by atoms with Gasteiger partial charge in [-0.1, -0.05) is 173 Å². The monoisotopic (exact) mass is 1570 g/mol. The average molecular weight is 1570 g/mol. The predicted molar refractivity (Wildman–Crippen MR) is 458 cm³/mol. The summed E-state index contributed by atoms with van der Waals surface area (Å²) in [6, 6.07) is -0.225. The van der Waals surface area contributed by atoms with Gasteiger partial charge in [0.25, 0.3) is 0 Å². The number of Topliss-reactive ketones (excluding diaryl/α,β-unsaturated/α-hetero) is 6. The Morgan fingerprint density at radius 2 is 0.775 bits per heavy atom. The van der Waals surface area contributed by atoms with Crippen molar-refractivity contribution < 1.29 is 57.3 Å². The first-order chi connectivity index (χ1) is 51.4. The van der Waals surface area contributed by atoms with Crippen molar-refractivity contribution in [2.75, 3.05) is 19.7 Å². The summed E-state index contributed by atoms with van der Waals surface area (Å²) in [6.45, 7) is 71.1. The maximum Gasteiger partial charge on any atom is 0.220 e. The molecule has 111 heavy (non-hydrogen) atoms. The van der Waals surface area contributed by atoms with E-state index in [-0.39, 0.29) is 139 Å². The third kappa shape index (κ3) is 37.8. The molecule has 0 aliphatic heterocycles. The van der Waals surface area contributed by atoms with Gasteiger partial charge in [0.1, 0.15) is 5.78 Å². The highest BCUT2D eigenvalue weighted by atomic mass is 16.5. The van der Waals surface area contributed by atoms with Crippen LogP contribution < -0.4 is 37.2 Å². The molecule has 19 heteroatoms. The number of carbonyl (C=O) groups excluding carboxylic acids is 8. The second-order valence-electron chi connectivity index (χ2n) is 38.7. The highest BCUT2D eigenvalue weighted by Gasteiger charge is 2.67. The van der Waals surface area contributed by atoms with Crippen molar-refractivity contribution in [2.45, 2.75) is 441 Å². The molecule has 7 N–H and O–H groups in total. The van der Waals surface area contributed by atoms with E-state index >= 15 is 0 Å². The molecule has 4 rings (SSSR count). The van der Waals surface area contributed by atoms with Crippen molar-refractivity contribution in [2.24, 2.45) is 81.8 Å². The zero-order valence-corrected chi connectivity index (χ0v) is 77.3. The van der Waals surface area contributed by atoms with Crippen LogP contribution in [0.1, 0.15) is 338 Å². The second-order valence-corrected chi connectivity index (χ2v) is 38.7. The van der Waals surface area contributed by atoms with E-state index in [1.807, 2.05) is 55.4 Å². The number of rotatable bonds is 48. The molecule has 4 aliphatic rings. The Kier molecular flexibility index (Phi) is 49.9. The van der Waals surface area contributed by atoms with Crippen LogP contribution in [0.5, 0.6) is 0 Å². The summed E-state index contributed by atoms with van der Waals surface area (Å²) in [5.74, 6) is 2.65. The summed E-state index contributed by atoms with van der Waals surface area (Å²) in [5, 5.41) is 22.2. The number of amides is 2. The Labute approximate surface area is 680 Å². The molecule has 0 saturated heterocycles. The predicted octanol–water partition coefficient (Wildman–Crippen LogP) is 16.6. The first-order valence-corrected chi connectivity index (χ1v) is 44.6. The van der Waals surface area contributed by atoms with Gasteiger partial charge < -0.3 is 56.2 Å². The van der Waals surface area contributed by atoms with Gasteiger partial charge in [-0.25, -0.2) is 0 Å². The van der Waals surface area contributed by atoms with E-state index in [0.29, 0.717) is 107 Å². The van der Waals surface area contributed by atoms with Crippen LogP contribution >= 0.6 is 0 Å². The highest BCUT2D eigenvalue weighted by Crippen LogP contribution is 2.69. The van der Waals surface area contributed by atoms with Gasteiger partial charge >= 0.3 is 0 Å². The SMILES string of the molecule is CC(C)NC(CCC(=O)NC(CCC(=O)NC(CCC(=O)C(C)C)C(=O)C(C)C)C(=O)C(C)C)C(=O)C(C)C.CC(C)NCCCC(NC(C)C)C(=O)C(C)C.CC(C)NCCCC(NC(C)C)C(=O)C(C)C.CC(C)OC[C@@H](C)C1CCC2C3C(OC(C)C)CC4CC(OC(C)C)CCC4(C)C3CC(OC(C)C)C21C. The molecule has 4 aliphatic carbocycles. The van der Waals surface area contributed by atoms with Gasteiger partial charge in [0.15, 0.2) is 28.9 Å². The van der Waals surface area contributed by atoms with Crippen LogP contribution in [0.4, 0.5) is 0 Å². The second kappa shape index (κ2) is 52.4. The molecule has 0 bridgehead atoms. The van der Waals surface area contributed by atoms with Gasteiger partial charge in [-0.2, -0.15) is 0 Å². The molecule has 0 aromatic rings. The van der Waals surface area contributed by atoms with E-state index in [2.05, 4.69) is 169 Å². The van der Waals surface area contributed by atoms with Crippen molar-refractivity contribution >= 4 is 46.5 Å². The maximum absolute atomic E-state index is 12.8. The molecule has 0 aromatic carbocycles. The van der Waals surface area contributed by atoms with Crippen LogP contribution in [0.25, 0.3) is 0 Å². The van der Waals surface area contributed by atoms with Gasteiger partial charge in [0.05, 0.1) is 72.9 Å². The molecule has 2 amide bonds. The van der Waals surface area contributed by atoms with Crippen molar-refractivity contribution in [1.82, 2.24) is 37.2 Å². The van der Waals surface area contributed by atoms with E-state index in [1.54, 1.807) is 41.5 Å². The smallest absolute Gasteiger partial charge is 0.220 e. The lowest BCUT2D eigenvalue weighted by atomic mass is 9.43. The Morgan fingerprint density at radius 1 is 0.387 bits per heavy atom. The maximum atomic E-state index is 12.8. The van der Waals surface area contributed by atoms with Crippen LogP contribution in [-0.4, -0.2) is 169 Å². The molecule has 16 atom stereocenters. The van der Waals surface area contributed by atoms with Gasteiger partial charge in [0, 0.05) is 97.0 Å². The fourth-order valence-corrected chi connectivity index (χ4v) is 17.8. The van der Waals surface area contributed by atoms with E-state index in [4.69, 9.17) is 18.9 Å². The third-order valence-corrected chi connectivity index (χ3v) is 23.4. The van der Waals surface area contributed by atoms with Crippen LogP contribution in [0.3, 0.4) is 0 Å². The molecule has 0 spiro atoms. The third-order valence-electron chi connectivity index (χ3n) is 23.4. The average Bonchev–Trinajstić information content (AvgIpc) is 1.66. The fraction of sp³-hybridized carbons (Fsp3) is 0.913. The summed E-state index contributed by atoms with van der Waals surface area (Å²) in [6.07, 6.45) is 15.6. The Morgan fingerprint density at radius 3 is 1.14 bits per heavy atom. The van der Waals surface area contributed by atoms with E-state index in [0.717, 1.165) is 45.4 Å². The lowest BCUT2D eigenvalue weighted by Gasteiger charge is -2.65. The minimum atomic E-state index is -0.859. The number of nitrogens with one attached hydrogen (secondary N) is 7. The molecule has 650 valence electrons. The quantitative estimate of drug-likeness (QED) is 0.0279. The molecular formula is C92H175N7O12. The van der Waals surface area contributed by atoms with E-state index < -0.39 is 24.0 Å². The van der Waals surface area contributed by atoms with Gasteiger partial charge in [-0.3, -0.25) is 38.4 Å². The van der Waals surface area contributed by atoms with E-state index in [9.17, 15) is 38.4 Å². The first-order valence-electron chi connectivity index (χ1n) is 44.6. The van der Waals surface area contributed by atoms with Crippen LogP contribution in [0.2, 0.25) is 0 Å². The molecule has 0 radical (unpaired) electrons. The van der Waals surface area contributed by atoms with Crippen molar-refractivity contribution in [1.29, 1.82) is 0 Å². The normalized spacial score (nSPS) is 24.2. The summed E-state index contributed by atoms with van der Waals surface area (Å²) < 4.78 is 26.5. The largest absolute Gasteiger partial charge is 0.379 e. The molecule has 0 heterocycles. The lowest BCUT2D eigenvalue weighted by molar-refractivity contribution is -0.238. The number of hydrogen-bond acceptors (Lipinski definition) is 17. The molecule has 15 unspecified atom stereocenters. The molecular weight excluding hydrogens is 1400 g/mol. The van der Waals surface area contributed by atoms with Crippen molar-refractivity contribution in [3.8, 4) is 0 Å². The van der Waals surface area contributed by atoms with Crippen molar-refractivity contribution in [3.05, 3.63) is 0 Å². The Bertz CT molecular complexity index is 2640. The summed E-state index contributed by atoms with van der Waals surface area (Å²) >= 11 is 0. The topological polar surface area (TPSA) is 258 Å². The highest BCUT2D eigenvalue weighted by molar-refractivity contribution is 5.93. The van der Waals surface area contributed by atoms with Crippen LogP contribution in [0, 0.1) is 81.8 Å². The minimum Gasteiger partial charge on any atom is -0.379 e. The molecule has 4 saturated carbocycles. The molecule has 0 aromatic heterocycles. The lowest BCUT2D eigenvalue weighted by Crippen LogP contribution is -2.63. The van der Waals surface area contributed by atoms with Gasteiger partial charge in [-0.15, -0.1) is 0 Å². The Balaban J connectivity index is 0.000000794. The standard InChI is InChI=1S/C34H62O4.C30H53N3O6.2C14H30N2O/c1-20(2)35-19-24(9)27-12-13-28-32-29(18-31(34(27,28)11)38-23(7)8)33(10)15-14-26(36-21(3)4)16-25(33)17-30(32)37-22(5)6;1-17(2)25(34)14-11-23(29(38)19(5)6)32-27(36)16-13-24(30(39)20(7)8)33-26(35)15-12-22(31-21(9)10)28(37)18(3)4;2*1-10(2)14(17)13(16-12(5)6)8-7-9-15-11(3)4/h20-32H,12-19H2,1-11H3;17-24,31H,11-16H2,1-10H3,(H,32,36)(H,33,35);2*10-13,15-16H,7-9H2,1-6H3/t24-,25?,26?,27?,28?,29?,30?,31?,32?,33?,34?;;;/m1.../s1. The molecule has 4 fully saturated rings. The zero-order valence-electron chi connectivity index (χ0n) is 77.3. The summed E-state index contributed by atoms with van der Waals surface area (Å²) in [7, 11) is 0. The zero-order chi connectivity index (χ0) is 85.3. The number of fused-ring (bicyclic) bond motifs is 5. The fourth-order valence-electron chi connectivity index (χ4n) is 17.8. The van der Waals surface area contributed by atoms with Gasteiger partial charge in [-0.05, 0) is 199 Å². The summed E-state index contributed by atoms with van der Waals surface area (Å²) in [5.41, 5.74) is 0.521. The van der Waals surface area contributed by atoms with Crippen LogP contribution in [-0.2, 0) is 57.3 Å². The number of ketones is 6. The van der Waals surface area contributed by atoms with Crippen LogP contribution in [0.15, 0.2) is 0 Å². The van der Waals surface area contributed by atoms with E-state index in [1.165, 1.54) is 44.9 Å². The number of carbonyl (C=O) groups is 8. The van der Waals surface area contributed by atoms with Gasteiger partial charge in [0.2, 0.25) is 11.8 Å². The van der Waals surface area contributed by atoms with Crippen molar-refractivity contribution in [3.63, 3.8) is 0 Å². The number of ether oxygens (including phenoxy) is 4. The number of hydrogen-bond donors (Lipinski definition) is 7.